The molecule has 3 unspecified atom stereocenters. The zero-order valence-corrected chi connectivity index (χ0v) is 10.4. The Labute approximate surface area is 105 Å². The van der Waals surface area contributed by atoms with Crippen LogP contribution in [0.1, 0.15) is 19.8 Å². The highest BCUT2D eigenvalue weighted by atomic mass is 16.4. The second-order valence-electron chi connectivity index (χ2n) is 4.76. The summed E-state index contributed by atoms with van der Waals surface area (Å²) in [5.74, 6) is -0.776. The monoisotopic (exact) mass is 260 g/mol. The molecule has 0 aliphatic carbocycles. The molecule has 0 spiro atoms. The Bertz CT molecular complexity index is 300. The number of aliphatic carboxylic acids is 1. The highest BCUT2D eigenvalue weighted by molar-refractivity contribution is 5.74. The molecule has 0 saturated carbocycles. The number of aliphatic hydroxyl groups excluding tert-OH is 2. The second kappa shape index (κ2) is 6.55. The van der Waals surface area contributed by atoms with E-state index in [-0.39, 0.29) is 31.5 Å². The third kappa shape index (κ3) is 4.50. The molecule has 2 amide bonds. The summed E-state index contributed by atoms with van der Waals surface area (Å²) >= 11 is 0. The lowest BCUT2D eigenvalue weighted by atomic mass is 10.1. The average Bonchev–Trinajstić information content (AvgIpc) is 2.64. The first kappa shape index (κ1) is 14.7. The van der Waals surface area contributed by atoms with Gasteiger partial charge in [0.25, 0.3) is 0 Å². The first-order chi connectivity index (χ1) is 8.40. The standard InChI is InChI=1S/C11H20N2O5/c1-7(2-3-10(16)17)4-12-11(18)13-5-8(14)9(15)6-13/h7-9,14-15H,2-6H2,1H3,(H,12,18)(H,16,17). The maximum atomic E-state index is 11.7. The zero-order valence-electron chi connectivity index (χ0n) is 10.4. The number of likely N-dealkylation sites (tertiary alicyclic amines) is 1. The molecule has 7 heteroatoms. The molecular formula is C11H20N2O5. The van der Waals surface area contributed by atoms with Gasteiger partial charge in [0, 0.05) is 13.0 Å². The Morgan fingerprint density at radius 2 is 1.89 bits per heavy atom. The van der Waals surface area contributed by atoms with E-state index in [1.54, 1.807) is 0 Å². The Balaban J connectivity index is 2.23. The molecule has 1 heterocycles. The minimum absolute atomic E-state index is 0.0718. The van der Waals surface area contributed by atoms with Crippen molar-refractivity contribution in [1.29, 1.82) is 0 Å². The van der Waals surface area contributed by atoms with Crippen molar-refractivity contribution in [3.63, 3.8) is 0 Å². The topological polar surface area (TPSA) is 110 Å². The van der Waals surface area contributed by atoms with Crippen LogP contribution in [0.4, 0.5) is 4.79 Å². The molecule has 1 aliphatic rings. The van der Waals surface area contributed by atoms with Crippen LogP contribution in [-0.4, -0.2) is 64.1 Å². The van der Waals surface area contributed by atoms with Gasteiger partial charge in [0.15, 0.2) is 0 Å². The van der Waals surface area contributed by atoms with E-state index >= 15 is 0 Å². The van der Waals surface area contributed by atoms with E-state index in [1.165, 1.54) is 4.90 Å². The van der Waals surface area contributed by atoms with Gasteiger partial charge in [-0.15, -0.1) is 0 Å². The third-order valence-electron chi connectivity index (χ3n) is 3.00. The summed E-state index contributed by atoms with van der Waals surface area (Å²) in [5.41, 5.74) is 0. The number of carbonyl (C=O) groups is 2. The van der Waals surface area contributed by atoms with Gasteiger partial charge in [-0.1, -0.05) is 6.92 Å². The minimum atomic E-state index is -0.889. The summed E-state index contributed by atoms with van der Waals surface area (Å²) < 4.78 is 0. The predicted octanol–water partition coefficient (Wildman–Crippen LogP) is -0.766. The van der Waals surface area contributed by atoms with Crippen LogP contribution in [0.3, 0.4) is 0 Å². The number of urea groups is 1. The molecule has 0 aromatic rings. The summed E-state index contributed by atoms with van der Waals surface area (Å²) in [6.07, 6.45) is -1.20. The van der Waals surface area contributed by atoms with Crippen LogP contribution in [0, 0.1) is 5.92 Å². The second-order valence-corrected chi connectivity index (χ2v) is 4.76. The summed E-state index contributed by atoms with van der Waals surface area (Å²) in [6, 6.07) is -0.340. The molecule has 0 aromatic heterocycles. The van der Waals surface area contributed by atoms with Gasteiger partial charge in [0.05, 0.1) is 25.3 Å². The van der Waals surface area contributed by atoms with Crippen molar-refractivity contribution in [3.8, 4) is 0 Å². The van der Waals surface area contributed by atoms with Crippen molar-refractivity contribution in [2.75, 3.05) is 19.6 Å². The largest absolute Gasteiger partial charge is 0.481 e. The molecule has 0 radical (unpaired) electrons. The highest BCUT2D eigenvalue weighted by Gasteiger charge is 2.32. The number of rotatable bonds is 5. The van der Waals surface area contributed by atoms with E-state index in [0.29, 0.717) is 13.0 Å². The van der Waals surface area contributed by atoms with Crippen molar-refractivity contribution in [2.45, 2.75) is 32.0 Å². The fourth-order valence-corrected chi connectivity index (χ4v) is 1.78. The molecule has 1 saturated heterocycles. The van der Waals surface area contributed by atoms with Gasteiger partial charge in [-0.2, -0.15) is 0 Å². The smallest absolute Gasteiger partial charge is 0.317 e. The van der Waals surface area contributed by atoms with Crippen molar-refractivity contribution in [2.24, 2.45) is 5.92 Å². The molecule has 0 bridgehead atoms. The van der Waals surface area contributed by atoms with Crippen LogP contribution in [-0.2, 0) is 4.79 Å². The number of amides is 2. The van der Waals surface area contributed by atoms with Crippen LogP contribution in [0.2, 0.25) is 0 Å². The number of aliphatic hydroxyl groups is 2. The van der Waals surface area contributed by atoms with Gasteiger partial charge in [0.2, 0.25) is 0 Å². The average molecular weight is 260 g/mol. The quantitative estimate of drug-likeness (QED) is 0.519. The highest BCUT2D eigenvalue weighted by Crippen LogP contribution is 2.10. The van der Waals surface area contributed by atoms with Crippen LogP contribution >= 0.6 is 0 Å². The Morgan fingerprint density at radius 1 is 1.33 bits per heavy atom. The molecule has 104 valence electrons. The fraction of sp³-hybridized carbons (Fsp3) is 0.818. The summed E-state index contributed by atoms with van der Waals surface area (Å²) in [4.78, 5) is 23.4. The van der Waals surface area contributed by atoms with Crippen molar-refractivity contribution < 1.29 is 24.9 Å². The maximum absolute atomic E-state index is 11.7. The van der Waals surface area contributed by atoms with Gasteiger partial charge in [-0.25, -0.2) is 4.79 Å². The third-order valence-corrected chi connectivity index (χ3v) is 3.00. The number of hydrogen-bond donors (Lipinski definition) is 4. The fourth-order valence-electron chi connectivity index (χ4n) is 1.78. The number of carbonyl (C=O) groups excluding carboxylic acids is 1. The number of nitrogens with one attached hydrogen (secondary N) is 1. The van der Waals surface area contributed by atoms with Gasteiger partial charge < -0.3 is 25.5 Å². The normalized spacial score (nSPS) is 24.9. The lowest BCUT2D eigenvalue weighted by Crippen LogP contribution is -2.41. The van der Waals surface area contributed by atoms with Gasteiger partial charge in [-0.3, -0.25) is 4.79 Å². The first-order valence-corrected chi connectivity index (χ1v) is 6.01. The molecule has 0 aromatic carbocycles. The van der Waals surface area contributed by atoms with Crippen molar-refractivity contribution >= 4 is 12.0 Å². The summed E-state index contributed by atoms with van der Waals surface area (Å²) in [6.45, 7) is 2.48. The lowest BCUT2D eigenvalue weighted by molar-refractivity contribution is -0.137. The van der Waals surface area contributed by atoms with Gasteiger partial charge in [-0.05, 0) is 12.3 Å². The van der Waals surface area contributed by atoms with E-state index in [4.69, 9.17) is 5.11 Å². The van der Waals surface area contributed by atoms with Gasteiger partial charge >= 0.3 is 12.0 Å². The number of carboxylic acid groups (broad SMARTS) is 1. The Kier molecular flexibility index (Phi) is 5.36. The number of hydrogen-bond acceptors (Lipinski definition) is 4. The van der Waals surface area contributed by atoms with E-state index in [0.717, 1.165) is 0 Å². The van der Waals surface area contributed by atoms with Crippen molar-refractivity contribution in [3.05, 3.63) is 0 Å². The van der Waals surface area contributed by atoms with Crippen molar-refractivity contribution in [1.82, 2.24) is 10.2 Å². The number of nitrogens with zero attached hydrogens (tertiary/aromatic N) is 1. The predicted molar refractivity (Wildman–Crippen MR) is 63.0 cm³/mol. The molecular weight excluding hydrogens is 240 g/mol. The summed E-state index contributed by atoms with van der Waals surface area (Å²) in [5, 5.41) is 29.8. The van der Waals surface area contributed by atoms with Crippen LogP contribution in [0.5, 0.6) is 0 Å². The molecule has 1 rings (SSSR count). The molecule has 1 aliphatic heterocycles. The van der Waals surface area contributed by atoms with Crippen LogP contribution in [0.25, 0.3) is 0 Å². The minimum Gasteiger partial charge on any atom is -0.481 e. The maximum Gasteiger partial charge on any atom is 0.317 e. The lowest BCUT2D eigenvalue weighted by Gasteiger charge is -2.18. The van der Waals surface area contributed by atoms with E-state index in [1.807, 2.05) is 6.92 Å². The van der Waals surface area contributed by atoms with Gasteiger partial charge in [0.1, 0.15) is 0 Å². The van der Waals surface area contributed by atoms with Crippen LogP contribution < -0.4 is 5.32 Å². The Morgan fingerprint density at radius 3 is 2.39 bits per heavy atom. The SMILES string of the molecule is CC(CCC(=O)O)CNC(=O)N1CC(O)C(O)C1. The summed E-state index contributed by atoms with van der Waals surface area (Å²) in [7, 11) is 0. The molecule has 7 nitrogen and oxygen atoms in total. The Hall–Kier alpha value is -1.34. The zero-order chi connectivity index (χ0) is 13.7. The first-order valence-electron chi connectivity index (χ1n) is 6.01. The van der Waals surface area contributed by atoms with E-state index in [9.17, 15) is 19.8 Å². The number of carboxylic acids is 1. The van der Waals surface area contributed by atoms with E-state index < -0.39 is 18.2 Å². The molecule has 18 heavy (non-hydrogen) atoms. The molecule has 4 N–H and O–H groups in total. The molecule has 1 fully saturated rings. The number of β-amino-alcohol motifs (C(OH)–C–C–N with tert-alkyl or cyclic N) is 2. The van der Waals surface area contributed by atoms with Crippen LogP contribution in [0.15, 0.2) is 0 Å². The molecule has 3 atom stereocenters. The van der Waals surface area contributed by atoms with E-state index in [2.05, 4.69) is 5.32 Å².